The summed E-state index contributed by atoms with van der Waals surface area (Å²) in [5.41, 5.74) is 0. The molecule has 0 aromatic carbocycles. The molecular weight excluding hydrogens is 108 g/mol. The molecule has 0 heterocycles. The van der Waals surface area contributed by atoms with Crippen LogP contribution in [-0.4, -0.2) is 5.12 Å². The summed E-state index contributed by atoms with van der Waals surface area (Å²) < 4.78 is 0. The average Bonchev–Trinajstić information content (AvgIpc) is 1.61. The second kappa shape index (κ2) is 3.63. The third-order valence-corrected chi connectivity index (χ3v) is 0.554. The summed E-state index contributed by atoms with van der Waals surface area (Å²) in [6.07, 6.45) is 0.214. The zero-order chi connectivity index (χ0) is 5.70. The molecule has 0 N–H and O–H groups in total. The van der Waals surface area contributed by atoms with E-state index in [1.165, 1.54) is 0 Å². The third-order valence-electron chi connectivity index (χ3n) is 0.410. The van der Waals surface area contributed by atoms with Gasteiger partial charge in [-0.15, -0.1) is 5.92 Å². The Kier molecular flexibility index (Phi) is 3.35. The highest BCUT2D eigenvalue weighted by Gasteiger charge is 1.85. The van der Waals surface area contributed by atoms with Crippen molar-refractivity contribution in [1.29, 1.82) is 0 Å². The van der Waals surface area contributed by atoms with Gasteiger partial charge in [0, 0.05) is 0 Å². The molecule has 0 bridgehead atoms. The molecule has 37 valence electrons. The summed E-state index contributed by atoms with van der Waals surface area (Å²) >= 11 is 4.20. The van der Waals surface area contributed by atoms with E-state index in [9.17, 15) is 4.79 Å². The molecule has 0 spiro atoms. The molecule has 0 amide bonds. The smallest absolute Gasteiger partial charge is 0.230 e. The van der Waals surface area contributed by atoms with Crippen LogP contribution in [0.5, 0.6) is 0 Å². The van der Waals surface area contributed by atoms with Crippen LogP contribution in [0.15, 0.2) is 0 Å². The quantitative estimate of drug-likeness (QED) is 0.466. The molecule has 0 fully saturated rings. The van der Waals surface area contributed by atoms with Gasteiger partial charge in [-0.2, -0.15) is 0 Å². The fraction of sp³-hybridized carbons (Fsp3) is 0.400. The van der Waals surface area contributed by atoms with Gasteiger partial charge in [0.2, 0.25) is 5.12 Å². The Morgan fingerprint density at radius 3 is 2.57 bits per heavy atom. The lowest BCUT2D eigenvalue weighted by Crippen LogP contribution is -1.78. The second-order valence-electron chi connectivity index (χ2n) is 0.976. The summed E-state index contributed by atoms with van der Waals surface area (Å²) in [6, 6.07) is 0. The highest BCUT2D eigenvalue weighted by atomic mass is 32.1. The normalized spacial score (nSPS) is 6.43. The average molecular weight is 113 g/mol. The van der Waals surface area contributed by atoms with Crippen LogP contribution < -0.4 is 0 Å². The van der Waals surface area contributed by atoms with E-state index in [0.717, 1.165) is 0 Å². The van der Waals surface area contributed by atoms with Crippen molar-refractivity contribution in [3.05, 3.63) is 0 Å². The maximum atomic E-state index is 9.91. The zero-order valence-electron chi connectivity index (χ0n) is 4.02. The van der Waals surface area contributed by atoms with Crippen molar-refractivity contribution >= 4 is 17.7 Å². The SMILES string of the molecule is CC#CCC(=O)[S]. The molecule has 2 heteroatoms. The minimum Gasteiger partial charge on any atom is -0.281 e. The number of hydrogen-bond acceptors (Lipinski definition) is 1. The van der Waals surface area contributed by atoms with Crippen molar-refractivity contribution in [2.75, 3.05) is 0 Å². The zero-order valence-corrected chi connectivity index (χ0v) is 4.84. The van der Waals surface area contributed by atoms with Crippen molar-refractivity contribution in [2.24, 2.45) is 0 Å². The molecule has 0 aromatic heterocycles. The lowest BCUT2D eigenvalue weighted by Gasteiger charge is -1.71. The van der Waals surface area contributed by atoms with E-state index in [2.05, 4.69) is 24.5 Å². The Morgan fingerprint density at radius 2 is 2.43 bits per heavy atom. The summed E-state index contributed by atoms with van der Waals surface area (Å²) in [5, 5.41) is -0.283. The van der Waals surface area contributed by atoms with Crippen molar-refractivity contribution in [3.8, 4) is 11.8 Å². The van der Waals surface area contributed by atoms with Crippen molar-refractivity contribution in [3.63, 3.8) is 0 Å². The molecule has 0 saturated heterocycles. The predicted molar refractivity (Wildman–Crippen MR) is 30.7 cm³/mol. The molecule has 7 heavy (non-hydrogen) atoms. The van der Waals surface area contributed by atoms with Crippen LogP contribution in [0, 0.1) is 11.8 Å². The Balaban J connectivity index is 3.26. The molecule has 0 rings (SSSR count). The van der Waals surface area contributed by atoms with Crippen LogP contribution in [0.2, 0.25) is 0 Å². The Labute approximate surface area is 48.5 Å². The molecule has 0 aliphatic carbocycles. The molecule has 0 aromatic rings. The fourth-order valence-electron chi connectivity index (χ4n) is 0.161. The van der Waals surface area contributed by atoms with Gasteiger partial charge < -0.3 is 0 Å². The number of rotatable bonds is 1. The van der Waals surface area contributed by atoms with Crippen LogP contribution in [-0.2, 0) is 4.79 Å². The molecule has 0 aliphatic heterocycles. The van der Waals surface area contributed by atoms with E-state index < -0.39 is 0 Å². The van der Waals surface area contributed by atoms with Crippen molar-refractivity contribution in [1.82, 2.24) is 0 Å². The van der Waals surface area contributed by atoms with Crippen LogP contribution in [0.25, 0.3) is 0 Å². The molecule has 1 radical (unpaired) electrons. The summed E-state index contributed by atoms with van der Waals surface area (Å²) in [4.78, 5) is 9.91. The van der Waals surface area contributed by atoms with E-state index in [0.29, 0.717) is 0 Å². The Hall–Kier alpha value is -0.550. The monoisotopic (exact) mass is 113 g/mol. The molecule has 0 unspecified atom stereocenters. The number of hydrogen-bond donors (Lipinski definition) is 0. The van der Waals surface area contributed by atoms with E-state index in [4.69, 9.17) is 0 Å². The van der Waals surface area contributed by atoms with E-state index in [1.807, 2.05) is 0 Å². The highest BCUT2D eigenvalue weighted by Crippen LogP contribution is 1.82. The maximum absolute atomic E-state index is 9.91. The summed E-state index contributed by atoms with van der Waals surface area (Å²) in [6.45, 7) is 1.68. The van der Waals surface area contributed by atoms with Crippen LogP contribution in [0.3, 0.4) is 0 Å². The first kappa shape index (κ1) is 6.45. The molecule has 0 saturated carbocycles. The third kappa shape index (κ3) is 5.45. The van der Waals surface area contributed by atoms with Gasteiger partial charge >= 0.3 is 0 Å². The Morgan fingerprint density at radius 1 is 1.86 bits per heavy atom. The van der Waals surface area contributed by atoms with Gasteiger partial charge in [0.15, 0.2) is 0 Å². The molecule has 0 atom stereocenters. The predicted octanol–water partition coefficient (Wildman–Crippen LogP) is 1.12. The van der Waals surface area contributed by atoms with Gasteiger partial charge in [-0.25, -0.2) is 0 Å². The van der Waals surface area contributed by atoms with Crippen LogP contribution >= 0.6 is 12.6 Å². The first-order valence-electron chi connectivity index (χ1n) is 1.87. The largest absolute Gasteiger partial charge is 0.281 e. The molecule has 1 nitrogen and oxygen atoms in total. The first-order valence-corrected chi connectivity index (χ1v) is 2.27. The second-order valence-corrected chi connectivity index (χ2v) is 1.43. The van der Waals surface area contributed by atoms with Gasteiger partial charge in [0.05, 0.1) is 6.42 Å². The minimum absolute atomic E-state index is 0.214. The lowest BCUT2D eigenvalue weighted by atomic mass is 10.5. The molecule has 0 aliphatic rings. The highest BCUT2D eigenvalue weighted by molar-refractivity contribution is 7.96. The van der Waals surface area contributed by atoms with Gasteiger partial charge in [-0.05, 0) is 19.6 Å². The number of carbonyl (C=O) groups is 1. The van der Waals surface area contributed by atoms with E-state index >= 15 is 0 Å². The van der Waals surface area contributed by atoms with E-state index in [1.54, 1.807) is 6.92 Å². The van der Waals surface area contributed by atoms with Gasteiger partial charge in [0.1, 0.15) is 0 Å². The van der Waals surface area contributed by atoms with Gasteiger partial charge in [-0.3, -0.25) is 4.79 Å². The number of carbonyl (C=O) groups excluding carboxylic acids is 1. The minimum atomic E-state index is -0.283. The maximum Gasteiger partial charge on any atom is 0.230 e. The van der Waals surface area contributed by atoms with Gasteiger partial charge in [-0.1, -0.05) is 5.92 Å². The summed E-state index contributed by atoms with van der Waals surface area (Å²) in [5.74, 6) is 5.11. The van der Waals surface area contributed by atoms with Crippen LogP contribution in [0.1, 0.15) is 13.3 Å². The van der Waals surface area contributed by atoms with Crippen molar-refractivity contribution < 1.29 is 4.79 Å². The van der Waals surface area contributed by atoms with Crippen molar-refractivity contribution in [2.45, 2.75) is 13.3 Å². The topological polar surface area (TPSA) is 17.1 Å². The lowest BCUT2D eigenvalue weighted by molar-refractivity contribution is -0.109. The summed E-state index contributed by atoms with van der Waals surface area (Å²) in [7, 11) is 0. The molecular formula is C5H5OS. The van der Waals surface area contributed by atoms with E-state index in [-0.39, 0.29) is 11.5 Å². The Bertz CT molecular complexity index is 118. The fourth-order valence-corrected chi connectivity index (χ4v) is 0.233. The van der Waals surface area contributed by atoms with Gasteiger partial charge in [0.25, 0.3) is 0 Å². The van der Waals surface area contributed by atoms with Crippen LogP contribution in [0.4, 0.5) is 0 Å². The first-order chi connectivity index (χ1) is 3.27. The standard InChI is InChI=1S/C5H5OS/c1-2-3-4-5(6)7/h4H2,1H3.